The number of carbonyl (C=O) groups is 1. The fourth-order valence-corrected chi connectivity index (χ4v) is 3.19. The number of nitrogens with two attached hydrogens (primary N) is 1. The van der Waals surface area contributed by atoms with Crippen molar-refractivity contribution in [3.8, 4) is 11.7 Å². The zero-order valence-electron chi connectivity index (χ0n) is 16.1. The van der Waals surface area contributed by atoms with E-state index >= 15 is 0 Å². The van der Waals surface area contributed by atoms with Crippen molar-refractivity contribution >= 4 is 22.8 Å². The van der Waals surface area contributed by atoms with Crippen molar-refractivity contribution in [3.05, 3.63) is 71.7 Å². The van der Waals surface area contributed by atoms with E-state index in [1.807, 2.05) is 43.3 Å². The second kappa shape index (κ2) is 7.59. The Bertz CT molecular complexity index is 1190. The summed E-state index contributed by atoms with van der Waals surface area (Å²) in [5.41, 5.74) is 8.20. The van der Waals surface area contributed by atoms with Crippen molar-refractivity contribution in [2.75, 3.05) is 12.4 Å². The summed E-state index contributed by atoms with van der Waals surface area (Å²) >= 11 is 0. The number of hydrogen-bond donors (Lipinski definition) is 2. The molecule has 4 rings (SSSR count). The van der Waals surface area contributed by atoms with Crippen LogP contribution in [0.3, 0.4) is 0 Å². The molecule has 0 aliphatic rings. The van der Waals surface area contributed by atoms with Crippen molar-refractivity contribution in [2.45, 2.75) is 13.5 Å². The van der Waals surface area contributed by atoms with Gasteiger partial charge in [0, 0.05) is 6.54 Å². The largest absolute Gasteiger partial charge is 0.491 e. The van der Waals surface area contributed by atoms with Crippen molar-refractivity contribution < 1.29 is 9.53 Å². The fraction of sp³-hybridized carbons (Fsp3) is 0.143. The first kappa shape index (κ1) is 18.4. The minimum Gasteiger partial charge on any atom is -0.491 e. The first-order valence-corrected chi connectivity index (χ1v) is 9.05. The minimum atomic E-state index is -0.527. The maximum absolute atomic E-state index is 11.7. The van der Waals surface area contributed by atoms with E-state index in [0.717, 1.165) is 5.56 Å². The molecule has 4 aromatic rings. The third-order valence-corrected chi connectivity index (χ3v) is 4.58. The van der Waals surface area contributed by atoms with Crippen LogP contribution in [0.2, 0.25) is 0 Å². The van der Waals surface area contributed by atoms with Crippen LogP contribution in [0.1, 0.15) is 21.7 Å². The van der Waals surface area contributed by atoms with Crippen LogP contribution >= 0.6 is 0 Å². The lowest BCUT2D eigenvalue weighted by molar-refractivity contribution is 0.100. The molecule has 2 aromatic carbocycles. The molecular weight excluding hydrogens is 368 g/mol. The number of nitrogens with one attached hydrogen (secondary N) is 1. The van der Waals surface area contributed by atoms with Gasteiger partial charge in [0.25, 0.3) is 5.91 Å². The number of aryl methyl sites for hydroxylation is 1. The van der Waals surface area contributed by atoms with Gasteiger partial charge in [0.1, 0.15) is 11.3 Å². The molecule has 8 heteroatoms. The monoisotopic (exact) mass is 388 g/mol. The number of anilines is 1. The second-order valence-corrected chi connectivity index (χ2v) is 6.46. The van der Waals surface area contributed by atoms with Gasteiger partial charge in [-0.05, 0) is 24.6 Å². The average Bonchev–Trinajstić information content (AvgIpc) is 3.08. The highest BCUT2D eigenvalue weighted by molar-refractivity contribution is 6.04. The average molecular weight is 388 g/mol. The van der Waals surface area contributed by atoms with Crippen LogP contribution < -0.4 is 15.8 Å². The third-order valence-electron chi connectivity index (χ3n) is 4.58. The molecule has 8 nitrogen and oxygen atoms in total. The van der Waals surface area contributed by atoms with Gasteiger partial charge in [-0.25, -0.2) is 9.97 Å². The number of primary amides is 1. The molecule has 0 radical (unpaired) electrons. The first-order valence-electron chi connectivity index (χ1n) is 9.05. The SMILES string of the molecule is COc1cnc(-n2c(C)nc3c(C(N)=O)cccc32)nc1NCc1ccccc1. The number of hydrogen-bond acceptors (Lipinski definition) is 6. The number of amides is 1. The van der Waals surface area contributed by atoms with Gasteiger partial charge in [-0.3, -0.25) is 9.36 Å². The highest BCUT2D eigenvalue weighted by atomic mass is 16.5. The number of imidazole rings is 1. The molecular formula is C21H20N6O2. The number of ether oxygens (including phenoxy) is 1. The van der Waals surface area contributed by atoms with Gasteiger partial charge in [0.05, 0.1) is 24.4 Å². The van der Waals surface area contributed by atoms with Gasteiger partial charge >= 0.3 is 0 Å². The summed E-state index contributed by atoms with van der Waals surface area (Å²) in [7, 11) is 1.57. The molecule has 0 spiro atoms. The smallest absolute Gasteiger partial charge is 0.250 e. The number of aromatic nitrogens is 4. The Labute approximate surface area is 167 Å². The zero-order valence-corrected chi connectivity index (χ0v) is 16.1. The van der Waals surface area contributed by atoms with Crippen molar-refractivity contribution in [3.63, 3.8) is 0 Å². The maximum atomic E-state index is 11.7. The normalized spacial score (nSPS) is 10.8. The van der Waals surface area contributed by atoms with Gasteiger partial charge in [-0.1, -0.05) is 36.4 Å². The lowest BCUT2D eigenvalue weighted by atomic mass is 10.2. The molecule has 2 heterocycles. The van der Waals surface area contributed by atoms with E-state index in [1.165, 1.54) is 0 Å². The van der Waals surface area contributed by atoms with Crippen molar-refractivity contribution in [2.24, 2.45) is 5.73 Å². The molecule has 1 amide bonds. The van der Waals surface area contributed by atoms with Crippen molar-refractivity contribution in [1.82, 2.24) is 19.5 Å². The third kappa shape index (κ3) is 3.47. The molecule has 29 heavy (non-hydrogen) atoms. The van der Waals surface area contributed by atoms with Gasteiger partial charge in [-0.2, -0.15) is 4.98 Å². The van der Waals surface area contributed by atoms with E-state index in [9.17, 15) is 4.79 Å². The Hall–Kier alpha value is -3.94. The summed E-state index contributed by atoms with van der Waals surface area (Å²) in [4.78, 5) is 25.3. The molecule has 2 aromatic heterocycles. The van der Waals surface area contributed by atoms with E-state index in [-0.39, 0.29) is 0 Å². The predicted molar refractivity (Wildman–Crippen MR) is 110 cm³/mol. The maximum Gasteiger partial charge on any atom is 0.250 e. The second-order valence-electron chi connectivity index (χ2n) is 6.46. The van der Waals surface area contributed by atoms with Gasteiger partial charge in [0.2, 0.25) is 5.95 Å². The lowest BCUT2D eigenvalue weighted by Crippen LogP contribution is -2.11. The molecule has 3 N–H and O–H groups in total. The highest BCUT2D eigenvalue weighted by Crippen LogP contribution is 2.26. The van der Waals surface area contributed by atoms with Crippen LogP contribution in [0, 0.1) is 6.92 Å². The summed E-state index contributed by atoms with van der Waals surface area (Å²) in [5.74, 6) is 1.63. The van der Waals surface area contributed by atoms with Crippen LogP contribution in [0.25, 0.3) is 17.0 Å². The number of para-hydroxylation sites is 1. The molecule has 0 fully saturated rings. The number of methoxy groups -OCH3 is 1. The Kier molecular flexibility index (Phi) is 4.82. The number of nitrogens with zero attached hydrogens (tertiary/aromatic N) is 4. The number of rotatable bonds is 6. The van der Waals surface area contributed by atoms with E-state index < -0.39 is 5.91 Å². The van der Waals surface area contributed by atoms with Crippen LogP contribution in [-0.4, -0.2) is 32.5 Å². The van der Waals surface area contributed by atoms with Crippen LogP contribution in [0.15, 0.2) is 54.7 Å². The number of benzene rings is 2. The summed E-state index contributed by atoms with van der Waals surface area (Å²) < 4.78 is 7.19. The van der Waals surface area contributed by atoms with E-state index in [4.69, 9.17) is 10.5 Å². The Morgan fingerprint density at radius 1 is 1.14 bits per heavy atom. The Morgan fingerprint density at radius 3 is 2.66 bits per heavy atom. The Morgan fingerprint density at radius 2 is 1.93 bits per heavy atom. The quantitative estimate of drug-likeness (QED) is 0.526. The molecule has 0 saturated carbocycles. The van der Waals surface area contributed by atoms with Crippen LogP contribution in [-0.2, 0) is 6.54 Å². The lowest BCUT2D eigenvalue weighted by Gasteiger charge is -2.12. The molecule has 0 saturated heterocycles. The zero-order chi connectivity index (χ0) is 20.4. The molecule has 146 valence electrons. The predicted octanol–water partition coefficient (Wildman–Crippen LogP) is 2.84. The van der Waals surface area contributed by atoms with Gasteiger partial charge in [-0.15, -0.1) is 0 Å². The summed E-state index contributed by atoms with van der Waals surface area (Å²) in [6, 6.07) is 15.3. The van der Waals surface area contributed by atoms with Crippen molar-refractivity contribution in [1.29, 1.82) is 0 Å². The standard InChI is InChI=1S/C21H20N6O2/c1-13-25-18-15(19(22)28)9-6-10-16(18)27(13)21-24-12-17(29-2)20(26-21)23-11-14-7-4-3-5-8-14/h3-10,12H,11H2,1-2H3,(H2,22,28)(H,23,24,26). The minimum absolute atomic E-state index is 0.361. The van der Waals surface area contributed by atoms with E-state index in [1.54, 1.807) is 30.0 Å². The first-order chi connectivity index (χ1) is 14.1. The molecule has 0 aliphatic heterocycles. The number of carbonyl (C=O) groups excluding carboxylic acids is 1. The van der Waals surface area contributed by atoms with Gasteiger partial charge in [0.15, 0.2) is 11.6 Å². The molecule has 0 unspecified atom stereocenters. The topological polar surface area (TPSA) is 108 Å². The summed E-state index contributed by atoms with van der Waals surface area (Å²) in [5, 5.41) is 3.30. The van der Waals surface area contributed by atoms with E-state index in [0.29, 0.717) is 46.5 Å². The fourth-order valence-electron chi connectivity index (χ4n) is 3.19. The molecule has 0 atom stereocenters. The molecule has 0 aliphatic carbocycles. The van der Waals surface area contributed by atoms with Crippen LogP contribution in [0.5, 0.6) is 5.75 Å². The van der Waals surface area contributed by atoms with Crippen LogP contribution in [0.4, 0.5) is 5.82 Å². The molecule has 0 bridgehead atoms. The van der Waals surface area contributed by atoms with Gasteiger partial charge < -0.3 is 15.8 Å². The Balaban J connectivity index is 1.77. The van der Waals surface area contributed by atoms with E-state index in [2.05, 4.69) is 20.3 Å². The highest BCUT2D eigenvalue weighted by Gasteiger charge is 2.18. The summed E-state index contributed by atoms with van der Waals surface area (Å²) in [6.45, 7) is 2.42. The summed E-state index contributed by atoms with van der Waals surface area (Å²) in [6.07, 6.45) is 1.61. The number of fused-ring (bicyclic) bond motifs is 1.